The third-order valence-corrected chi connectivity index (χ3v) is 2.39. The highest BCUT2D eigenvalue weighted by atomic mass is 35.5. The van der Waals surface area contributed by atoms with Gasteiger partial charge < -0.3 is 10.1 Å². The minimum Gasteiger partial charge on any atom is -0.478 e. The molecular formula is C14H17Cl2N3O2. The number of carbonyl (C=O) groups excluding carboxylic acids is 1. The number of nitrogens with zero attached hydrogens (tertiary/aromatic N) is 2. The Balaban J connectivity index is 0.00000200. The fourth-order valence-corrected chi connectivity index (χ4v) is 1.47. The Hall–Kier alpha value is -1.85. The Morgan fingerprint density at radius 2 is 1.76 bits per heavy atom. The lowest BCUT2D eigenvalue weighted by molar-refractivity contribution is 0.0946. The van der Waals surface area contributed by atoms with Gasteiger partial charge >= 0.3 is 0 Å². The molecule has 0 unspecified atom stereocenters. The monoisotopic (exact) mass is 329 g/mol. The molecule has 114 valence electrons. The van der Waals surface area contributed by atoms with Crippen molar-refractivity contribution in [2.24, 2.45) is 0 Å². The maximum Gasteiger partial charge on any atom is 0.269 e. The Morgan fingerprint density at radius 1 is 1.05 bits per heavy atom. The number of hydrogen-bond donors (Lipinski definition) is 1. The van der Waals surface area contributed by atoms with Crippen LogP contribution in [-0.4, -0.2) is 29.0 Å². The van der Waals surface area contributed by atoms with E-state index in [9.17, 15) is 4.79 Å². The van der Waals surface area contributed by atoms with Crippen LogP contribution >= 0.6 is 24.8 Å². The van der Waals surface area contributed by atoms with E-state index in [0.29, 0.717) is 24.7 Å². The van der Waals surface area contributed by atoms with Crippen molar-refractivity contribution in [1.29, 1.82) is 0 Å². The van der Waals surface area contributed by atoms with Crippen LogP contribution in [0.5, 0.6) is 5.88 Å². The molecule has 1 amide bonds. The molecule has 2 rings (SSSR count). The topological polar surface area (TPSA) is 64.1 Å². The standard InChI is InChI=1S/C14H15N3O2.2ClH/c18-14(12-6-1-3-8-15-12)17-10-5-11-19-13-7-2-4-9-16-13;;/h1-4,6-9H,5,10-11H2,(H,17,18);2*1H. The summed E-state index contributed by atoms with van der Waals surface area (Å²) >= 11 is 0. The fourth-order valence-electron chi connectivity index (χ4n) is 1.47. The Kier molecular flexibility index (Phi) is 9.92. The van der Waals surface area contributed by atoms with E-state index in [0.717, 1.165) is 6.42 Å². The van der Waals surface area contributed by atoms with Gasteiger partial charge in [-0.3, -0.25) is 9.78 Å². The van der Waals surface area contributed by atoms with Crippen LogP contribution in [0, 0.1) is 0 Å². The molecule has 0 radical (unpaired) electrons. The molecule has 7 heteroatoms. The summed E-state index contributed by atoms with van der Waals surface area (Å²) < 4.78 is 5.42. The summed E-state index contributed by atoms with van der Waals surface area (Å²) in [6.07, 6.45) is 3.99. The Bertz CT molecular complexity index is 512. The first kappa shape index (κ1) is 19.2. The zero-order valence-corrected chi connectivity index (χ0v) is 12.9. The van der Waals surface area contributed by atoms with Gasteiger partial charge in [-0.25, -0.2) is 4.98 Å². The highest BCUT2D eigenvalue weighted by molar-refractivity contribution is 5.92. The second kappa shape index (κ2) is 10.9. The third kappa shape index (κ3) is 6.92. The van der Waals surface area contributed by atoms with E-state index in [2.05, 4.69) is 15.3 Å². The average molecular weight is 330 g/mol. The van der Waals surface area contributed by atoms with Crippen LogP contribution in [0.25, 0.3) is 0 Å². The smallest absolute Gasteiger partial charge is 0.269 e. The lowest BCUT2D eigenvalue weighted by Crippen LogP contribution is -2.26. The van der Waals surface area contributed by atoms with Crippen LogP contribution in [0.3, 0.4) is 0 Å². The minimum atomic E-state index is -0.168. The zero-order valence-electron chi connectivity index (χ0n) is 11.3. The van der Waals surface area contributed by atoms with Gasteiger partial charge in [0.15, 0.2) is 0 Å². The summed E-state index contributed by atoms with van der Waals surface area (Å²) in [5.41, 5.74) is 0.424. The number of carbonyl (C=O) groups is 1. The number of pyridine rings is 2. The molecule has 0 saturated heterocycles. The summed E-state index contributed by atoms with van der Waals surface area (Å²) in [6, 6.07) is 10.7. The Labute approximate surface area is 136 Å². The molecule has 0 aliphatic carbocycles. The molecule has 0 saturated carbocycles. The normalized spacial score (nSPS) is 8.95. The van der Waals surface area contributed by atoms with E-state index in [1.807, 2.05) is 12.1 Å². The summed E-state index contributed by atoms with van der Waals surface area (Å²) in [5, 5.41) is 2.78. The van der Waals surface area contributed by atoms with Gasteiger partial charge in [0.2, 0.25) is 5.88 Å². The summed E-state index contributed by atoms with van der Waals surface area (Å²) in [7, 11) is 0. The van der Waals surface area contributed by atoms with Crippen LogP contribution in [0.2, 0.25) is 0 Å². The number of hydrogen-bond acceptors (Lipinski definition) is 4. The maximum absolute atomic E-state index is 11.7. The zero-order chi connectivity index (χ0) is 13.3. The van der Waals surface area contributed by atoms with Gasteiger partial charge in [-0.1, -0.05) is 12.1 Å². The van der Waals surface area contributed by atoms with E-state index in [1.165, 1.54) is 0 Å². The van der Waals surface area contributed by atoms with Crippen LogP contribution in [0.4, 0.5) is 0 Å². The molecule has 0 fully saturated rings. The second-order valence-corrected chi connectivity index (χ2v) is 3.84. The minimum absolute atomic E-state index is 0. The van der Waals surface area contributed by atoms with E-state index in [-0.39, 0.29) is 30.7 Å². The van der Waals surface area contributed by atoms with E-state index < -0.39 is 0 Å². The van der Waals surface area contributed by atoms with Crippen LogP contribution in [0.1, 0.15) is 16.9 Å². The van der Waals surface area contributed by atoms with E-state index in [4.69, 9.17) is 4.74 Å². The van der Waals surface area contributed by atoms with Gasteiger partial charge in [0.25, 0.3) is 5.91 Å². The third-order valence-electron chi connectivity index (χ3n) is 2.39. The van der Waals surface area contributed by atoms with Gasteiger partial charge in [0, 0.05) is 25.0 Å². The molecule has 0 aliphatic rings. The Morgan fingerprint density at radius 3 is 2.38 bits per heavy atom. The molecule has 5 nitrogen and oxygen atoms in total. The van der Waals surface area contributed by atoms with E-state index in [1.54, 1.807) is 36.7 Å². The lowest BCUT2D eigenvalue weighted by atomic mass is 10.3. The largest absolute Gasteiger partial charge is 0.478 e. The summed E-state index contributed by atoms with van der Waals surface area (Å²) in [5.74, 6) is 0.428. The summed E-state index contributed by atoms with van der Waals surface area (Å²) in [4.78, 5) is 19.7. The molecule has 21 heavy (non-hydrogen) atoms. The first-order valence-electron chi connectivity index (χ1n) is 6.09. The molecule has 2 aromatic rings. The lowest BCUT2D eigenvalue weighted by Gasteiger charge is -2.06. The maximum atomic E-state index is 11.7. The van der Waals surface area contributed by atoms with Crippen molar-refractivity contribution in [3.05, 3.63) is 54.5 Å². The van der Waals surface area contributed by atoms with Gasteiger partial charge in [-0.2, -0.15) is 0 Å². The van der Waals surface area contributed by atoms with Crippen LogP contribution in [0.15, 0.2) is 48.8 Å². The molecule has 0 aliphatic heterocycles. The van der Waals surface area contributed by atoms with E-state index >= 15 is 0 Å². The fraction of sp³-hybridized carbons (Fsp3) is 0.214. The average Bonchev–Trinajstić information content (AvgIpc) is 2.49. The molecule has 0 bridgehead atoms. The molecule has 0 aromatic carbocycles. The number of ether oxygens (including phenoxy) is 1. The number of halogens is 2. The first-order valence-corrected chi connectivity index (χ1v) is 6.09. The van der Waals surface area contributed by atoms with Crippen molar-refractivity contribution < 1.29 is 9.53 Å². The first-order chi connectivity index (χ1) is 9.36. The van der Waals surface area contributed by atoms with Crippen molar-refractivity contribution >= 4 is 30.7 Å². The predicted molar refractivity (Wildman–Crippen MR) is 85.4 cm³/mol. The summed E-state index contributed by atoms with van der Waals surface area (Å²) in [6.45, 7) is 1.06. The van der Waals surface area contributed by atoms with Gasteiger partial charge in [-0.15, -0.1) is 24.8 Å². The van der Waals surface area contributed by atoms with Crippen molar-refractivity contribution in [2.45, 2.75) is 6.42 Å². The molecular weight excluding hydrogens is 313 g/mol. The van der Waals surface area contributed by atoms with Gasteiger partial charge in [-0.05, 0) is 24.6 Å². The van der Waals surface area contributed by atoms with Gasteiger partial charge in [0.05, 0.1) is 6.61 Å². The highest BCUT2D eigenvalue weighted by Crippen LogP contribution is 2.03. The van der Waals surface area contributed by atoms with Crippen molar-refractivity contribution in [2.75, 3.05) is 13.2 Å². The van der Waals surface area contributed by atoms with Crippen molar-refractivity contribution in [3.8, 4) is 5.88 Å². The molecule has 0 atom stereocenters. The quantitative estimate of drug-likeness (QED) is 0.827. The van der Waals surface area contributed by atoms with Crippen LogP contribution in [-0.2, 0) is 0 Å². The molecule has 2 aromatic heterocycles. The number of amides is 1. The second-order valence-electron chi connectivity index (χ2n) is 3.84. The highest BCUT2D eigenvalue weighted by Gasteiger charge is 2.04. The molecule has 1 N–H and O–H groups in total. The number of aromatic nitrogens is 2. The number of rotatable bonds is 6. The van der Waals surface area contributed by atoms with Gasteiger partial charge in [0.1, 0.15) is 5.69 Å². The SMILES string of the molecule is Cl.Cl.O=C(NCCCOc1ccccn1)c1ccccn1. The van der Waals surface area contributed by atoms with Crippen LogP contribution < -0.4 is 10.1 Å². The molecule has 0 spiro atoms. The molecule has 2 heterocycles. The predicted octanol–water partition coefficient (Wildman–Crippen LogP) is 2.52. The van der Waals surface area contributed by atoms with Crippen molar-refractivity contribution in [3.63, 3.8) is 0 Å². The van der Waals surface area contributed by atoms with Crippen molar-refractivity contribution in [1.82, 2.24) is 15.3 Å². The number of nitrogens with one attached hydrogen (secondary N) is 1.